The van der Waals surface area contributed by atoms with Gasteiger partial charge < -0.3 is 10.2 Å². The normalized spacial score (nSPS) is 25.1. The van der Waals surface area contributed by atoms with Crippen molar-refractivity contribution in [1.82, 2.24) is 10.2 Å². The molecule has 0 unspecified atom stereocenters. The lowest BCUT2D eigenvalue weighted by Gasteiger charge is -2.18. The van der Waals surface area contributed by atoms with Crippen LogP contribution in [0.1, 0.15) is 10.4 Å². The van der Waals surface area contributed by atoms with Crippen molar-refractivity contribution in [2.45, 2.75) is 0 Å². The van der Waals surface area contributed by atoms with Crippen molar-refractivity contribution in [3.63, 3.8) is 0 Å². The summed E-state index contributed by atoms with van der Waals surface area (Å²) in [6.07, 6.45) is 0. The van der Waals surface area contributed by atoms with Gasteiger partial charge in [0.1, 0.15) is 5.82 Å². The maximum absolute atomic E-state index is 13.0. The third-order valence-electron chi connectivity index (χ3n) is 3.84. The Hall–Kier alpha value is -0.400. The highest BCUT2D eigenvalue weighted by atomic mass is 127. The number of hydrogen-bond acceptors (Lipinski definition) is 2. The minimum absolute atomic E-state index is 0. The summed E-state index contributed by atoms with van der Waals surface area (Å²) in [6.45, 7) is 3.66. The molecule has 2 heterocycles. The van der Waals surface area contributed by atoms with Gasteiger partial charge in [0, 0.05) is 29.7 Å². The van der Waals surface area contributed by atoms with E-state index in [2.05, 4.69) is 5.32 Å². The predicted molar refractivity (Wildman–Crippen MR) is 82.1 cm³/mol. The van der Waals surface area contributed by atoms with E-state index in [0.717, 1.165) is 26.2 Å². The van der Waals surface area contributed by atoms with E-state index in [1.807, 2.05) is 27.5 Å². The molecular weight excluding hydrogens is 382 g/mol. The van der Waals surface area contributed by atoms with Gasteiger partial charge in [0.25, 0.3) is 5.91 Å². The molecule has 2 fully saturated rings. The average molecular weight is 397 g/mol. The molecule has 0 spiro atoms. The molecule has 2 saturated heterocycles. The van der Waals surface area contributed by atoms with Crippen molar-refractivity contribution in [2.24, 2.45) is 11.8 Å². The van der Waals surface area contributed by atoms with Gasteiger partial charge in [-0.25, -0.2) is 4.39 Å². The number of carbonyl (C=O) groups excluding carboxylic acids is 1. The third kappa shape index (κ3) is 2.87. The quantitative estimate of drug-likeness (QED) is 0.738. The first-order chi connectivity index (χ1) is 8.65. The zero-order valence-corrected chi connectivity index (χ0v) is 13.2. The molecule has 2 aliphatic rings. The Balaban J connectivity index is 0.00000133. The number of rotatable bonds is 1. The number of fused-ring (bicyclic) bond motifs is 1. The first-order valence-corrected chi connectivity index (χ1v) is 7.18. The molecule has 1 amide bonds. The molecule has 0 bridgehead atoms. The zero-order valence-electron chi connectivity index (χ0n) is 10.2. The van der Waals surface area contributed by atoms with Gasteiger partial charge >= 0.3 is 0 Å². The molecule has 0 saturated carbocycles. The molecule has 0 aliphatic carbocycles. The second kappa shape index (κ2) is 5.93. The van der Waals surface area contributed by atoms with Crippen LogP contribution in [0.5, 0.6) is 0 Å². The summed E-state index contributed by atoms with van der Waals surface area (Å²) in [7, 11) is 0. The standard InChI is InChI=1S/C13H14FIN2O.ClH/c14-10-1-2-11(12(15)3-10)13(18)17-6-8-4-16-5-9(8)7-17;/h1-3,8-9,16H,4-7H2;1H/t8-,9+;. The summed E-state index contributed by atoms with van der Waals surface area (Å²) in [4.78, 5) is 14.3. The fraction of sp³-hybridized carbons (Fsp3) is 0.462. The predicted octanol–water partition coefficient (Wildman–Crippen LogP) is 2.14. The highest BCUT2D eigenvalue weighted by Gasteiger charge is 2.38. The minimum atomic E-state index is -0.293. The van der Waals surface area contributed by atoms with Crippen LogP contribution in [0.4, 0.5) is 4.39 Å². The molecule has 1 aromatic rings. The summed E-state index contributed by atoms with van der Waals surface area (Å²) in [5.74, 6) is 0.923. The first-order valence-electron chi connectivity index (χ1n) is 6.10. The molecule has 0 aromatic heterocycles. The number of carbonyl (C=O) groups is 1. The van der Waals surface area contributed by atoms with E-state index in [1.54, 1.807) is 6.07 Å². The Morgan fingerprint density at radius 1 is 1.32 bits per heavy atom. The molecule has 1 N–H and O–H groups in total. The van der Waals surface area contributed by atoms with Gasteiger partial charge in [0.05, 0.1) is 5.56 Å². The number of nitrogens with zero attached hydrogens (tertiary/aromatic N) is 1. The maximum atomic E-state index is 13.0. The van der Waals surface area contributed by atoms with Crippen molar-refractivity contribution >= 4 is 40.9 Å². The molecule has 6 heteroatoms. The van der Waals surface area contributed by atoms with E-state index >= 15 is 0 Å². The summed E-state index contributed by atoms with van der Waals surface area (Å²) in [5, 5.41) is 3.35. The van der Waals surface area contributed by atoms with Crippen molar-refractivity contribution < 1.29 is 9.18 Å². The summed E-state index contributed by atoms with van der Waals surface area (Å²) < 4.78 is 13.7. The van der Waals surface area contributed by atoms with Crippen LogP contribution >= 0.6 is 35.0 Å². The second-order valence-electron chi connectivity index (χ2n) is 5.01. The highest BCUT2D eigenvalue weighted by Crippen LogP contribution is 2.28. The van der Waals surface area contributed by atoms with Crippen LogP contribution in [-0.2, 0) is 0 Å². The van der Waals surface area contributed by atoms with E-state index in [-0.39, 0.29) is 24.1 Å². The maximum Gasteiger partial charge on any atom is 0.254 e. The fourth-order valence-electron chi connectivity index (χ4n) is 2.85. The van der Waals surface area contributed by atoms with E-state index in [1.165, 1.54) is 12.1 Å². The van der Waals surface area contributed by atoms with Crippen LogP contribution in [0.3, 0.4) is 0 Å². The number of likely N-dealkylation sites (tertiary alicyclic amines) is 1. The van der Waals surface area contributed by atoms with E-state index < -0.39 is 0 Å². The van der Waals surface area contributed by atoms with E-state index in [9.17, 15) is 9.18 Å². The zero-order chi connectivity index (χ0) is 12.7. The Bertz CT molecular complexity index is 488. The number of benzene rings is 1. The van der Waals surface area contributed by atoms with Crippen molar-refractivity contribution in [3.05, 3.63) is 33.1 Å². The summed E-state index contributed by atoms with van der Waals surface area (Å²) >= 11 is 2.02. The Morgan fingerprint density at radius 3 is 2.53 bits per heavy atom. The first kappa shape index (κ1) is 15.0. The van der Waals surface area contributed by atoms with Crippen molar-refractivity contribution in [2.75, 3.05) is 26.2 Å². The lowest BCUT2D eigenvalue weighted by atomic mass is 10.0. The molecule has 104 valence electrons. The average Bonchev–Trinajstić information content (AvgIpc) is 2.87. The largest absolute Gasteiger partial charge is 0.338 e. The van der Waals surface area contributed by atoms with Crippen LogP contribution < -0.4 is 5.32 Å². The summed E-state index contributed by atoms with van der Waals surface area (Å²) in [6, 6.07) is 4.35. The Kier molecular flexibility index (Phi) is 4.68. The van der Waals surface area contributed by atoms with E-state index in [0.29, 0.717) is 21.0 Å². The lowest BCUT2D eigenvalue weighted by molar-refractivity contribution is 0.0780. The SMILES string of the molecule is Cl.O=C(c1ccc(F)cc1I)N1C[C@H]2CNC[C@H]2C1. The Labute approximate surface area is 131 Å². The van der Waals surface area contributed by atoms with Crippen LogP contribution in [0.2, 0.25) is 0 Å². The Morgan fingerprint density at radius 2 is 1.95 bits per heavy atom. The van der Waals surface area contributed by atoms with Gasteiger partial charge in [-0.3, -0.25) is 4.79 Å². The number of nitrogens with one attached hydrogen (secondary N) is 1. The topological polar surface area (TPSA) is 32.3 Å². The van der Waals surface area contributed by atoms with Gasteiger partial charge in [0.2, 0.25) is 0 Å². The van der Waals surface area contributed by atoms with Crippen LogP contribution in [0, 0.1) is 21.2 Å². The molecule has 3 rings (SSSR count). The van der Waals surface area contributed by atoms with Crippen LogP contribution in [0.25, 0.3) is 0 Å². The molecule has 3 nitrogen and oxygen atoms in total. The molecule has 0 radical (unpaired) electrons. The molecule has 1 aromatic carbocycles. The number of halogens is 3. The third-order valence-corrected chi connectivity index (χ3v) is 4.73. The minimum Gasteiger partial charge on any atom is -0.338 e. The molecule has 2 aliphatic heterocycles. The molecule has 19 heavy (non-hydrogen) atoms. The van der Waals surface area contributed by atoms with Gasteiger partial charge in [-0.15, -0.1) is 12.4 Å². The van der Waals surface area contributed by atoms with Crippen molar-refractivity contribution in [1.29, 1.82) is 0 Å². The fourth-order valence-corrected chi connectivity index (χ4v) is 3.56. The van der Waals surface area contributed by atoms with Gasteiger partial charge in [-0.05, 0) is 52.6 Å². The number of amides is 1. The van der Waals surface area contributed by atoms with Gasteiger partial charge in [-0.1, -0.05) is 0 Å². The van der Waals surface area contributed by atoms with Crippen LogP contribution in [0.15, 0.2) is 18.2 Å². The van der Waals surface area contributed by atoms with Crippen LogP contribution in [-0.4, -0.2) is 37.0 Å². The van der Waals surface area contributed by atoms with Gasteiger partial charge in [0.15, 0.2) is 0 Å². The summed E-state index contributed by atoms with van der Waals surface area (Å²) in [5.41, 5.74) is 0.616. The van der Waals surface area contributed by atoms with E-state index in [4.69, 9.17) is 0 Å². The van der Waals surface area contributed by atoms with Gasteiger partial charge in [-0.2, -0.15) is 0 Å². The highest BCUT2D eigenvalue weighted by molar-refractivity contribution is 14.1. The second-order valence-corrected chi connectivity index (χ2v) is 6.17. The lowest BCUT2D eigenvalue weighted by Crippen LogP contribution is -2.32. The monoisotopic (exact) mass is 396 g/mol. The number of hydrogen-bond donors (Lipinski definition) is 1. The molecular formula is C13H15ClFIN2O. The molecule has 2 atom stereocenters. The van der Waals surface area contributed by atoms with Crippen molar-refractivity contribution in [3.8, 4) is 0 Å². The smallest absolute Gasteiger partial charge is 0.254 e.